The first-order valence-corrected chi connectivity index (χ1v) is 9.59. The molecular weight excluding hydrogens is 350 g/mol. The topological polar surface area (TPSA) is 83.5 Å². The van der Waals surface area contributed by atoms with Crippen LogP contribution in [0, 0.1) is 6.92 Å². The number of aryl methyl sites for hydroxylation is 1. The smallest absolute Gasteiger partial charge is 0.163 e. The van der Waals surface area contributed by atoms with Gasteiger partial charge in [-0.05, 0) is 44.0 Å². The minimum absolute atomic E-state index is 0.300. The zero-order valence-electron chi connectivity index (χ0n) is 15.7. The second-order valence-electron chi connectivity index (χ2n) is 7.19. The molecular formula is C21H21N7. The van der Waals surface area contributed by atoms with E-state index >= 15 is 0 Å². The van der Waals surface area contributed by atoms with Gasteiger partial charge in [0.2, 0.25) is 0 Å². The van der Waals surface area contributed by atoms with Gasteiger partial charge in [-0.15, -0.1) is 0 Å². The van der Waals surface area contributed by atoms with Crippen LogP contribution in [0.25, 0.3) is 22.3 Å². The number of para-hydroxylation sites is 1. The number of anilines is 1. The molecule has 1 N–H and O–H groups in total. The maximum Gasteiger partial charge on any atom is 0.163 e. The lowest BCUT2D eigenvalue weighted by Gasteiger charge is -2.33. The first-order valence-electron chi connectivity index (χ1n) is 9.59. The molecule has 7 heteroatoms. The van der Waals surface area contributed by atoms with Crippen LogP contribution in [0.1, 0.15) is 30.4 Å². The fourth-order valence-electron chi connectivity index (χ4n) is 3.85. The summed E-state index contributed by atoms with van der Waals surface area (Å²) in [6, 6.07) is 12.1. The van der Waals surface area contributed by atoms with E-state index in [1.165, 1.54) is 0 Å². The van der Waals surface area contributed by atoms with Crippen molar-refractivity contribution in [3.8, 4) is 11.4 Å². The Labute approximate surface area is 162 Å². The summed E-state index contributed by atoms with van der Waals surface area (Å²) < 4.78 is 0. The van der Waals surface area contributed by atoms with Gasteiger partial charge >= 0.3 is 0 Å². The summed E-state index contributed by atoms with van der Waals surface area (Å²) in [5, 5.41) is 8.43. The van der Waals surface area contributed by atoms with Gasteiger partial charge < -0.3 is 4.90 Å². The van der Waals surface area contributed by atoms with Gasteiger partial charge in [-0.25, -0.2) is 15.0 Å². The first kappa shape index (κ1) is 16.8. The highest BCUT2D eigenvalue weighted by atomic mass is 15.2. The number of hydrogen-bond donors (Lipinski definition) is 1. The highest BCUT2D eigenvalue weighted by Crippen LogP contribution is 2.32. The maximum atomic E-state index is 4.95. The minimum Gasteiger partial charge on any atom is -0.355 e. The van der Waals surface area contributed by atoms with Crippen molar-refractivity contribution in [1.82, 2.24) is 30.1 Å². The third-order valence-electron chi connectivity index (χ3n) is 5.20. The van der Waals surface area contributed by atoms with Crippen LogP contribution in [-0.2, 0) is 0 Å². The van der Waals surface area contributed by atoms with Crippen molar-refractivity contribution in [3.63, 3.8) is 0 Å². The Morgan fingerprint density at radius 1 is 1.07 bits per heavy atom. The molecule has 0 saturated carbocycles. The van der Waals surface area contributed by atoms with Crippen LogP contribution in [-0.4, -0.2) is 43.2 Å². The first-order chi connectivity index (χ1) is 13.8. The molecule has 4 heterocycles. The molecule has 7 nitrogen and oxygen atoms in total. The Morgan fingerprint density at radius 2 is 2.00 bits per heavy atom. The van der Waals surface area contributed by atoms with E-state index in [1.54, 1.807) is 6.20 Å². The lowest BCUT2D eigenvalue weighted by Crippen LogP contribution is -2.35. The van der Waals surface area contributed by atoms with E-state index in [0.29, 0.717) is 11.7 Å². The summed E-state index contributed by atoms with van der Waals surface area (Å²) in [5.74, 6) is 3.74. The van der Waals surface area contributed by atoms with Gasteiger partial charge in [-0.2, -0.15) is 5.10 Å². The fraction of sp³-hybridized carbons (Fsp3) is 0.286. The lowest BCUT2D eigenvalue weighted by atomic mass is 9.97. The molecule has 1 aliphatic rings. The standard InChI is InChI=1S/C21H21N7/c1-14-23-20(27-26-14)16-7-5-11-28(13-16)21-17-8-2-3-9-18(17)24-19(25-21)15-6-4-10-22-12-15/h2-4,6,8-10,12,16H,5,7,11,13H2,1H3,(H,23,26,27). The van der Waals surface area contributed by atoms with Gasteiger partial charge in [-0.3, -0.25) is 10.1 Å². The molecule has 0 radical (unpaired) electrons. The Hall–Kier alpha value is -3.35. The molecule has 1 unspecified atom stereocenters. The average molecular weight is 371 g/mol. The largest absolute Gasteiger partial charge is 0.355 e. The number of nitrogens with one attached hydrogen (secondary N) is 1. The molecule has 0 spiro atoms. The molecule has 140 valence electrons. The number of benzene rings is 1. The molecule has 0 aliphatic carbocycles. The van der Waals surface area contributed by atoms with Crippen molar-refractivity contribution in [2.24, 2.45) is 0 Å². The zero-order chi connectivity index (χ0) is 18.9. The predicted molar refractivity (Wildman–Crippen MR) is 108 cm³/mol. The number of rotatable bonds is 3. The van der Waals surface area contributed by atoms with E-state index in [0.717, 1.165) is 59.9 Å². The Balaban J connectivity index is 1.57. The van der Waals surface area contributed by atoms with Crippen molar-refractivity contribution in [2.45, 2.75) is 25.7 Å². The SMILES string of the molecule is Cc1nc(C2CCCN(c3nc(-c4cccnc4)nc4ccccc34)C2)n[nH]1. The number of pyridine rings is 1. The van der Waals surface area contributed by atoms with Crippen molar-refractivity contribution in [3.05, 3.63) is 60.4 Å². The van der Waals surface area contributed by atoms with Gasteiger partial charge in [0, 0.05) is 42.4 Å². The molecule has 1 aliphatic heterocycles. The second-order valence-corrected chi connectivity index (χ2v) is 7.19. The average Bonchev–Trinajstić information content (AvgIpc) is 3.20. The van der Waals surface area contributed by atoms with E-state index in [1.807, 2.05) is 43.5 Å². The molecule has 1 aromatic carbocycles. The lowest BCUT2D eigenvalue weighted by molar-refractivity contribution is 0.490. The third kappa shape index (κ3) is 3.09. The summed E-state index contributed by atoms with van der Waals surface area (Å²) in [6.07, 6.45) is 5.74. The normalized spacial score (nSPS) is 17.2. The van der Waals surface area contributed by atoms with Gasteiger partial charge in [0.25, 0.3) is 0 Å². The summed E-state index contributed by atoms with van der Waals surface area (Å²) in [4.78, 5) is 20.9. The van der Waals surface area contributed by atoms with Crippen molar-refractivity contribution in [1.29, 1.82) is 0 Å². The molecule has 1 saturated heterocycles. The van der Waals surface area contributed by atoms with Crippen molar-refractivity contribution in [2.75, 3.05) is 18.0 Å². The highest BCUT2D eigenvalue weighted by Gasteiger charge is 2.26. The molecule has 1 fully saturated rings. The zero-order valence-corrected chi connectivity index (χ0v) is 15.7. The van der Waals surface area contributed by atoms with Crippen molar-refractivity contribution >= 4 is 16.7 Å². The number of aromatic nitrogens is 6. The fourth-order valence-corrected chi connectivity index (χ4v) is 3.85. The molecule has 0 bridgehead atoms. The monoisotopic (exact) mass is 371 g/mol. The van der Waals surface area contributed by atoms with Gasteiger partial charge in [0.1, 0.15) is 11.6 Å². The van der Waals surface area contributed by atoms with Gasteiger partial charge in [-0.1, -0.05) is 12.1 Å². The predicted octanol–water partition coefficient (Wildman–Crippen LogP) is 3.50. The Kier molecular flexibility index (Phi) is 4.20. The quantitative estimate of drug-likeness (QED) is 0.593. The number of nitrogens with zero attached hydrogens (tertiary/aromatic N) is 6. The van der Waals surface area contributed by atoms with E-state index in [2.05, 4.69) is 31.1 Å². The van der Waals surface area contributed by atoms with Crippen LogP contribution in [0.2, 0.25) is 0 Å². The maximum absolute atomic E-state index is 4.95. The third-order valence-corrected chi connectivity index (χ3v) is 5.20. The van der Waals surface area contributed by atoms with E-state index < -0.39 is 0 Å². The highest BCUT2D eigenvalue weighted by molar-refractivity contribution is 5.91. The molecule has 5 rings (SSSR count). The van der Waals surface area contributed by atoms with Crippen LogP contribution >= 0.6 is 0 Å². The van der Waals surface area contributed by atoms with Crippen LogP contribution < -0.4 is 4.90 Å². The number of aromatic amines is 1. The Bertz CT molecular complexity index is 1110. The molecule has 3 aromatic heterocycles. The Morgan fingerprint density at radius 3 is 2.82 bits per heavy atom. The minimum atomic E-state index is 0.300. The number of piperidine rings is 1. The molecule has 1 atom stereocenters. The van der Waals surface area contributed by atoms with E-state index in [9.17, 15) is 0 Å². The van der Waals surface area contributed by atoms with Gasteiger partial charge in [0.05, 0.1) is 5.52 Å². The van der Waals surface area contributed by atoms with E-state index in [-0.39, 0.29) is 0 Å². The molecule has 0 amide bonds. The second kappa shape index (κ2) is 6.99. The molecule has 28 heavy (non-hydrogen) atoms. The summed E-state index contributed by atoms with van der Waals surface area (Å²) >= 11 is 0. The van der Waals surface area contributed by atoms with Crippen LogP contribution in [0.4, 0.5) is 5.82 Å². The van der Waals surface area contributed by atoms with Crippen LogP contribution in [0.5, 0.6) is 0 Å². The summed E-state index contributed by atoms with van der Waals surface area (Å²) in [7, 11) is 0. The van der Waals surface area contributed by atoms with Crippen LogP contribution in [0.3, 0.4) is 0 Å². The summed E-state index contributed by atoms with van der Waals surface area (Å²) in [5.41, 5.74) is 1.87. The summed E-state index contributed by atoms with van der Waals surface area (Å²) in [6.45, 7) is 3.76. The van der Waals surface area contributed by atoms with E-state index in [4.69, 9.17) is 9.97 Å². The molecule has 4 aromatic rings. The van der Waals surface area contributed by atoms with Crippen molar-refractivity contribution < 1.29 is 0 Å². The number of hydrogen-bond acceptors (Lipinski definition) is 6. The number of fused-ring (bicyclic) bond motifs is 1. The van der Waals surface area contributed by atoms with Crippen LogP contribution in [0.15, 0.2) is 48.8 Å². The number of H-pyrrole nitrogens is 1. The van der Waals surface area contributed by atoms with Gasteiger partial charge in [0.15, 0.2) is 11.6 Å².